The second kappa shape index (κ2) is 8.11. The van der Waals surface area contributed by atoms with Crippen molar-refractivity contribution < 1.29 is 9.53 Å². The first-order valence-corrected chi connectivity index (χ1v) is 7.23. The lowest BCUT2D eigenvalue weighted by atomic mass is 10.2. The van der Waals surface area contributed by atoms with Crippen molar-refractivity contribution in [1.29, 1.82) is 0 Å². The molecule has 1 unspecified atom stereocenters. The molecule has 0 saturated heterocycles. The number of aromatic nitrogens is 1. The number of thioether (sulfide) groups is 1. The van der Waals surface area contributed by atoms with E-state index in [4.69, 9.17) is 0 Å². The maximum absolute atomic E-state index is 11.2. The molecule has 1 heterocycles. The SMILES string of the molecule is COC(=O)c1ccc(CNCCC(C)SC)nc1. The fourth-order valence-electron chi connectivity index (χ4n) is 1.41. The van der Waals surface area contributed by atoms with Crippen molar-refractivity contribution in [3.63, 3.8) is 0 Å². The Balaban J connectivity index is 2.33. The summed E-state index contributed by atoms with van der Waals surface area (Å²) in [6, 6.07) is 3.58. The number of hydrogen-bond donors (Lipinski definition) is 1. The van der Waals surface area contributed by atoms with Gasteiger partial charge in [0.05, 0.1) is 18.4 Å². The van der Waals surface area contributed by atoms with E-state index >= 15 is 0 Å². The average Bonchev–Trinajstić information content (AvgIpc) is 2.43. The molecule has 100 valence electrons. The van der Waals surface area contributed by atoms with Gasteiger partial charge in [-0.3, -0.25) is 4.98 Å². The van der Waals surface area contributed by atoms with E-state index in [9.17, 15) is 4.79 Å². The summed E-state index contributed by atoms with van der Waals surface area (Å²) in [4.78, 5) is 15.4. The Kier molecular flexibility index (Phi) is 6.75. The van der Waals surface area contributed by atoms with Crippen LogP contribution >= 0.6 is 11.8 Å². The molecule has 0 aliphatic rings. The van der Waals surface area contributed by atoms with E-state index in [2.05, 4.69) is 28.2 Å². The first kappa shape index (κ1) is 15.0. The van der Waals surface area contributed by atoms with Gasteiger partial charge in [0, 0.05) is 18.0 Å². The van der Waals surface area contributed by atoms with Crippen molar-refractivity contribution in [2.45, 2.75) is 25.1 Å². The second-order valence-corrected chi connectivity index (χ2v) is 5.32. The number of carbonyl (C=O) groups is 1. The van der Waals surface area contributed by atoms with Crippen LogP contribution in [0.25, 0.3) is 0 Å². The predicted octanol–water partition coefficient (Wildman–Crippen LogP) is 2.10. The van der Waals surface area contributed by atoms with Crippen LogP contribution in [-0.2, 0) is 11.3 Å². The summed E-state index contributed by atoms with van der Waals surface area (Å²) < 4.78 is 4.62. The van der Waals surface area contributed by atoms with Crippen LogP contribution in [0.15, 0.2) is 18.3 Å². The van der Waals surface area contributed by atoms with Crippen molar-refractivity contribution in [3.05, 3.63) is 29.6 Å². The number of rotatable bonds is 7. The van der Waals surface area contributed by atoms with Gasteiger partial charge in [0.1, 0.15) is 0 Å². The van der Waals surface area contributed by atoms with Crippen LogP contribution in [0.2, 0.25) is 0 Å². The molecule has 0 saturated carbocycles. The molecule has 1 aromatic rings. The van der Waals surface area contributed by atoms with Crippen LogP contribution in [0.3, 0.4) is 0 Å². The number of hydrogen-bond acceptors (Lipinski definition) is 5. The third kappa shape index (κ3) is 5.06. The van der Waals surface area contributed by atoms with Crippen LogP contribution in [0, 0.1) is 0 Å². The van der Waals surface area contributed by atoms with E-state index in [-0.39, 0.29) is 5.97 Å². The van der Waals surface area contributed by atoms with E-state index in [1.54, 1.807) is 12.3 Å². The molecule has 1 aromatic heterocycles. The Morgan fingerprint density at radius 1 is 1.56 bits per heavy atom. The standard InChI is InChI=1S/C13H20N2O2S/c1-10(18-3)6-7-14-9-12-5-4-11(8-15-12)13(16)17-2/h4-5,8,10,14H,6-7,9H2,1-3H3. The number of methoxy groups -OCH3 is 1. The van der Waals surface area contributed by atoms with Gasteiger partial charge in [-0.05, 0) is 31.4 Å². The molecule has 0 amide bonds. The van der Waals surface area contributed by atoms with Crippen molar-refractivity contribution in [3.8, 4) is 0 Å². The highest BCUT2D eigenvalue weighted by Gasteiger charge is 2.05. The lowest BCUT2D eigenvalue weighted by molar-refractivity contribution is 0.0600. The predicted molar refractivity (Wildman–Crippen MR) is 74.9 cm³/mol. The molecule has 0 aliphatic carbocycles. The number of esters is 1. The van der Waals surface area contributed by atoms with Crippen LogP contribution in [-0.4, -0.2) is 36.1 Å². The van der Waals surface area contributed by atoms with Gasteiger partial charge in [-0.25, -0.2) is 4.79 Å². The molecule has 4 nitrogen and oxygen atoms in total. The quantitative estimate of drug-likeness (QED) is 0.606. The summed E-state index contributed by atoms with van der Waals surface area (Å²) in [5.74, 6) is -0.351. The van der Waals surface area contributed by atoms with Gasteiger partial charge < -0.3 is 10.1 Å². The number of carbonyl (C=O) groups excluding carboxylic acids is 1. The molecular weight excluding hydrogens is 248 g/mol. The minimum absolute atomic E-state index is 0.351. The van der Waals surface area contributed by atoms with Gasteiger partial charge in [0.25, 0.3) is 0 Å². The molecule has 1 N–H and O–H groups in total. The monoisotopic (exact) mass is 268 g/mol. The minimum atomic E-state index is -0.351. The van der Waals surface area contributed by atoms with Crippen LogP contribution in [0.1, 0.15) is 29.4 Å². The van der Waals surface area contributed by atoms with Crippen molar-refractivity contribution in [1.82, 2.24) is 10.3 Å². The minimum Gasteiger partial charge on any atom is -0.465 e. The molecule has 0 spiro atoms. The van der Waals surface area contributed by atoms with Gasteiger partial charge in [0.2, 0.25) is 0 Å². The Hall–Kier alpha value is -1.07. The Bertz CT molecular complexity index is 368. The number of ether oxygens (including phenoxy) is 1. The average molecular weight is 268 g/mol. The fourth-order valence-corrected chi connectivity index (χ4v) is 1.76. The summed E-state index contributed by atoms with van der Waals surface area (Å²) in [5, 5.41) is 4.01. The topological polar surface area (TPSA) is 51.2 Å². The Morgan fingerprint density at radius 3 is 2.89 bits per heavy atom. The zero-order valence-electron chi connectivity index (χ0n) is 11.1. The molecule has 5 heteroatoms. The highest BCUT2D eigenvalue weighted by Crippen LogP contribution is 2.08. The lowest BCUT2D eigenvalue weighted by Crippen LogP contribution is -2.18. The summed E-state index contributed by atoms with van der Waals surface area (Å²) in [5.41, 5.74) is 1.41. The molecule has 0 aliphatic heterocycles. The molecule has 0 fully saturated rings. The number of nitrogens with one attached hydrogen (secondary N) is 1. The highest BCUT2D eigenvalue weighted by molar-refractivity contribution is 7.99. The van der Waals surface area contributed by atoms with Crippen LogP contribution in [0.4, 0.5) is 0 Å². The third-order valence-electron chi connectivity index (χ3n) is 2.68. The second-order valence-electron chi connectivity index (χ2n) is 4.04. The Morgan fingerprint density at radius 2 is 2.33 bits per heavy atom. The number of nitrogens with zero attached hydrogens (tertiary/aromatic N) is 1. The molecule has 0 bridgehead atoms. The van der Waals surface area contributed by atoms with Gasteiger partial charge >= 0.3 is 5.97 Å². The zero-order valence-corrected chi connectivity index (χ0v) is 11.9. The van der Waals surface area contributed by atoms with E-state index < -0.39 is 0 Å². The summed E-state index contributed by atoms with van der Waals surface area (Å²) in [7, 11) is 1.37. The largest absolute Gasteiger partial charge is 0.465 e. The summed E-state index contributed by atoms with van der Waals surface area (Å²) in [6.45, 7) is 3.92. The number of pyridine rings is 1. The molecule has 1 atom stereocenters. The molecule has 18 heavy (non-hydrogen) atoms. The molecule has 0 radical (unpaired) electrons. The lowest BCUT2D eigenvalue weighted by Gasteiger charge is -2.08. The summed E-state index contributed by atoms with van der Waals surface area (Å²) in [6.07, 6.45) is 4.81. The van der Waals surface area contributed by atoms with E-state index in [0.717, 1.165) is 25.2 Å². The zero-order chi connectivity index (χ0) is 13.4. The normalized spacial score (nSPS) is 12.2. The fraction of sp³-hybridized carbons (Fsp3) is 0.538. The maximum atomic E-state index is 11.2. The van der Waals surface area contributed by atoms with E-state index in [1.165, 1.54) is 7.11 Å². The van der Waals surface area contributed by atoms with Gasteiger partial charge in [-0.2, -0.15) is 11.8 Å². The molecule has 0 aromatic carbocycles. The van der Waals surface area contributed by atoms with Gasteiger partial charge in [-0.15, -0.1) is 0 Å². The Labute approximate surface area is 113 Å². The maximum Gasteiger partial charge on any atom is 0.339 e. The van der Waals surface area contributed by atoms with Crippen molar-refractivity contribution >= 4 is 17.7 Å². The van der Waals surface area contributed by atoms with Gasteiger partial charge in [0.15, 0.2) is 0 Å². The van der Waals surface area contributed by atoms with E-state index in [1.807, 2.05) is 17.8 Å². The highest BCUT2D eigenvalue weighted by atomic mass is 32.2. The molecule has 1 rings (SSSR count). The molecular formula is C13H20N2O2S. The van der Waals surface area contributed by atoms with Crippen molar-refractivity contribution in [2.24, 2.45) is 0 Å². The first-order chi connectivity index (χ1) is 8.67. The van der Waals surface area contributed by atoms with Gasteiger partial charge in [-0.1, -0.05) is 6.92 Å². The van der Waals surface area contributed by atoms with Crippen LogP contribution in [0.5, 0.6) is 0 Å². The van der Waals surface area contributed by atoms with Crippen LogP contribution < -0.4 is 5.32 Å². The third-order valence-corrected chi connectivity index (χ3v) is 3.72. The first-order valence-electron chi connectivity index (χ1n) is 5.94. The summed E-state index contributed by atoms with van der Waals surface area (Å²) >= 11 is 1.87. The van der Waals surface area contributed by atoms with Crippen molar-refractivity contribution in [2.75, 3.05) is 19.9 Å². The smallest absolute Gasteiger partial charge is 0.339 e. The van der Waals surface area contributed by atoms with E-state index in [0.29, 0.717) is 10.8 Å².